The molecule has 0 radical (unpaired) electrons. The summed E-state index contributed by atoms with van der Waals surface area (Å²) in [5.74, 6) is 0.756. The van der Waals surface area contributed by atoms with Gasteiger partial charge in [-0.15, -0.1) is 0 Å². The van der Waals surface area contributed by atoms with E-state index in [2.05, 4.69) is 50.1 Å². The normalized spacial score (nSPS) is 25.3. The molecule has 1 saturated carbocycles. The van der Waals surface area contributed by atoms with Gasteiger partial charge in [0.15, 0.2) is 0 Å². The van der Waals surface area contributed by atoms with Gasteiger partial charge in [0.1, 0.15) is 0 Å². The average Bonchev–Trinajstić information content (AvgIpc) is 2.33. The molecular weight excluding hydrogens is 222 g/mol. The zero-order valence-corrected chi connectivity index (χ0v) is 13.1. The highest BCUT2D eigenvalue weighted by atomic mass is 15.2. The van der Waals surface area contributed by atoms with Crippen molar-refractivity contribution in [3.63, 3.8) is 0 Å². The molecule has 18 heavy (non-hydrogen) atoms. The Morgan fingerprint density at radius 1 is 1.11 bits per heavy atom. The quantitative estimate of drug-likeness (QED) is 0.751. The Morgan fingerprint density at radius 3 is 2.33 bits per heavy atom. The zero-order chi connectivity index (χ0) is 13.5. The summed E-state index contributed by atoms with van der Waals surface area (Å²) in [6.45, 7) is 8.27. The van der Waals surface area contributed by atoms with Gasteiger partial charge in [-0.2, -0.15) is 0 Å². The van der Waals surface area contributed by atoms with E-state index in [4.69, 9.17) is 0 Å². The van der Waals surface area contributed by atoms with Crippen molar-refractivity contribution in [3.8, 4) is 0 Å². The maximum atomic E-state index is 3.54. The van der Waals surface area contributed by atoms with E-state index in [-0.39, 0.29) is 0 Å². The van der Waals surface area contributed by atoms with E-state index in [0.717, 1.165) is 12.0 Å². The summed E-state index contributed by atoms with van der Waals surface area (Å²) in [6.07, 6.45) is 5.51. The molecule has 108 valence electrons. The molecule has 0 aromatic rings. The first-order valence-electron chi connectivity index (χ1n) is 7.60. The van der Waals surface area contributed by atoms with E-state index in [0.29, 0.717) is 6.04 Å². The molecule has 1 rings (SSSR count). The van der Waals surface area contributed by atoms with Crippen molar-refractivity contribution in [1.82, 2.24) is 15.1 Å². The molecule has 0 saturated heterocycles. The Balaban J connectivity index is 2.60. The van der Waals surface area contributed by atoms with Crippen molar-refractivity contribution in [1.29, 1.82) is 0 Å². The first kappa shape index (κ1) is 15.9. The van der Waals surface area contributed by atoms with Gasteiger partial charge in [0.25, 0.3) is 0 Å². The predicted molar refractivity (Wildman–Crippen MR) is 80.1 cm³/mol. The molecule has 0 aromatic heterocycles. The van der Waals surface area contributed by atoms with Crippen LogP contribution in [0.4, 0.5) is 0 Å². The van der Waals surface area contributed by atoms with Crippen LogP contribution >= 0.6 is 0 Å². The van der Waals surface area contributed by atoms with E-state index in [9.17, 15) is 0 Å². The van der Waals surface area contributed by atoms with E-state index >= 15 is 0 Å². The minimum Gasteiger partial charge on any atom is -0.315 e. The smallest absolute Gasteiger partial charge is 0.0249 e. The molecule has 0 heterocycles. The second kappa shape index (κ2) is 8.13. The van der Waals surface area contributed by atoms with Crippen LogP contribution in [-0.4, -0.2) is 62.7 Å². The lowest BCUT2D eigenvalue weighted by Gasteiger charge is -2.41. The fourth-order valence-electron chi connectivity index (χ4n) is 3.08. The fraction of sp³-hybridized carbons (Fsp3) is 1.00. The number of rotatable bonds is 7. The molecule has 0 amide bonds. The number of hydrogen-bond donors (Lipinski definition) is 1. The summed E-state index contributed by atoms with van der Waals surface area (Å²) in [4.78, 5) is 5.02. The number of likely N-dealkylation sites (N-methyl/N-ethyl adjacent to an activating group) is 2. The molecule has 3 nitrogen and oxygen atoms in total. The minimum absolute atomic E-state index is 0.694. The molecule has 1 aliphatic carbocycles. The van der Waals surface area contributed by atoms with Gasteiger partial charge in [0.05, 0.1) is 0 Å². The van der Waals surface area contributed by atoms with Crippen LogP contribution in [0.5, 0.6) is 0 Å². The van der Waals surface area contributed by atoms with Gasteiger partial charge in [0, 0.05) is 31.7 Å². The highest BCUT2D eigenvalue weighted by Crippen LogP contribution is 2.23. The first-order chi connectivity index (χ1) is 8.54. The SMILES string of the molecule is CNC1CCCCC1N(CCN(C)C)CC(C)C. The third-order valence-corrected chi connectivity index (χ3v) is 4.00. The van der Waals surface area contributed by atoms with E-state index < -0.39 is 0 Å². The average molecular weight is 255 g/mol. The maximum absolute atomic E-state index is 3.54. The van der Waals surface area contributed by atoms with Gasteiger partial charge >= 0.3 is 0 Å². The fourth-order valence-corrected chi connectivity index (χ4v) is 3.08. The van der Waals surface area contributed by atoms with E-state index in [1.54, 1.807) is 0 Å². The third kappa shape index (κ3) is 5.25. The van der Waals surface area contributed by atoms with Crippen LogP contribution in [0.15, 0.2) is 0 Å². The Kier molecular flexibility index (Phi) is 7.20. The topological polar surface area (TPSA) is 18.5 Å². The van der Waals surface area contributed by atoms with Crippen LogP contribution in [0.2, 0.25) is 0 Å². The van der Waals surface area contributed by atoms with Gasteiger partial charge in [-0.3, -0.25) is 4.90 Å². The molecule has 0 aromatic carbocycles. The second-order valence-electron chi connectivity index (χ2n) is 6.44. The number of nitrogens with zero attached hydrogens (tertiary/aromatic N) is 2. The molecule has 0 aliphatic heterocycles. The Bertz CT molecular complexity index is 216. The van der Waals surface area contributed by atoms with E-state index in [1.165, 1.54) is 45.3 Å². The van der Waals surface area contributed by atoms with Crippen LogP contribution in [0.3, 0.4) is 0 Å². The second-order valence-corrected chi connectivity index (χ2v) is 6.44. The van der Waals surface area contributed by atoms with E-state index in [1.807, 2.05) is 0 Å². The third-order valence-electron chi connectivity index (χ3n) is 4.00. The summed E-state index contributed by atoms with van der Waals surface area (Å²) >= 11 is 0. The van der Waals surface area contributed by atoms with Crippen molar-refractivity contribution in [2.45, 2.75) is 51.6 Å². The molecule has 1 fully saturated rings. The largest absolute Gasteiger partial charge is 0.315 e. The predicted octanol–water partition coefficient (Wildman–Crippen LogP) is 2.04. The van der Waals surface area contributed by atoms with Crippen molar-refractivity contribution < 1.29 is 0 Å². The molecule has 1 N–H and O–H groups in total. The molecule has 0 bridgehead atoms. The number of nitrogens with one attached hydrogen (secondary N) is 1. The zero-order valence-electron chi connectivity index (χ0n) is 13.1. The van der Waals surface area contributed by atoms with Gasteiger partial charge in [-0.25, -0.2) is 0 Å². The van der Waals surface area contributed by atoms with Crippen LogP contribution in [0.1, 0.15) is 39.5 Å². The Hall–Kier alpha value is -0.120. The molecule has 0 spiro atoms. The van der Waals surface area contributed by atoms with Crippen molar-refractivity contribution >= 4 is 0 Å². The number of hydrogen-bond acceptors (Lipinski definition) is 3. The van der Waals surface area contributed by atoms with Gasteiger partial charge in [0.2, 0.25) is 0 Å². The lowest BCUT2D eigenvalue weighted by atomic mass is 9.88. The minimum atomic E-state index is 0.694. The first-order valence-corrected chi connectivity index (χ1v) is 7.60. The van der Waals surface area contributed by atoms with Crippen LogP contribution in [0, 0.1) is 5.92 Å². The molecule has 2 unspecified atom stereocenters. The summed E-state index contributed by atoms with van der Waals surface area (Å²) < 4.78 is 0. The summed E-state index contributed by atoms with van der Waals surface area (Å²) in [6, 6.07) is 1.44. The summed E-state index contributed by atoms with van der Waals surface area (Å²) in [5.41, 5.74) is 0. The van der Waals surface area contributed by atoms with Gasteiger partial charge in [-0.05, 0) is 39.9 Å². The van der Waals surface area contributed by atoms with Crippen molar-refractivity contribution in [2.24, 2.45) is 5.92 Å². The molecular formula is C15H33N3. The molecule has 2 atom stereocenters. The standard InChI is InChI=1S/C15H33N3/c1-13(2)12-18(11-10-17(4)5)15-9-7-6-8-14(15)16-3/h13-16H,6-12H2,1-5H3. The monoisotopic (exact) mass is 255 g/mol. The molecule has 1 aliphatic rings. The van der Waals surface area contributed by atoms with Crippen molar-refractivity contribution in [2.75, 3.05) is 40.8 Å². The summed E-state index contributed by atoms with van der Waals surface area (Å²) in [5, 5.41) is 3.54. The Labute approximate surface area is 114 Å². The highest BCUT2D eigenvalue weighted by molar-refractivity contribution is 4.88. The lowest BCUT2D eigenvalue weighted by molar-refractivity contribution is 0.104. The van der Waals surface area contributed by atoms with Crippen molar-refractivity contribution in [3.05, 3.63) is 0 Å². The lowest BCUT2D eigenvalue weighted by Crippen LogP contribution is -2.53. The highest BCUT2D eigenvalue weighted by Gasteiger charge is 2.29. The van der Waals surface area contributed by atoms with Gasteiger partial charge in [-0.1, -0.05) is 26.7 Å². The Morgan fingerprint density at radius 2 is 1.78 bits per heavy atom. The molecule has 3 heteroatoms. The van der Waals surface area contributed by atoms with Crippen LogP contribution in [-0.2, 0) is 0 Å². The summed E-state index contributed by atoms with van der Waals surface area (Å²) in [7, 11) is 6.47. The van der Waals surface area contributed by atoms with Crippen LogP contribution in [0.25, 0.3) is 0 Å². The van der Waals surface area contributed by atoms with Gasteiger partial charge < -0.3 is 10.2 Å². The van der Waals surface area contributed by atoms with Crippen LogP contribution < -0.4 is 5.32 Å². The maximum Gasteiger partial charge on any atom is 0.0249 e.